The van der Waals surface area contributed by atoms with Crippen LogP contribution in [-0.2, 0) is 5.41 Å². The molecule has 2 aromatic carbocycles. The Morgan fingerprint density at radius 3 is 2.46 bits per heavy atom. The summed E-state index contributed by atoms with van der Waals surface area (Å²) in [6.45, 7) is 8.73. The molecule has 0 nitrogen and oxygen atoms in total. The molecular formula is C23H31F. The number of rotatable bonds is 4. The van der Waals surface area contributed by atoms with Crippen LogP contribution in [0.1, 0.15) is 83.3 Å². The Hall–Kier alpha value is -1.37. The third-order valence-corrected chi connectivity index (χ3v) is 6.02. The Balaban J connectivity index is 2.05. The summed E-state index contributed by atoms with van der Waals surface area (Å²) in [5, 5.41) is 2.70. The lowest BCUT2D eigenvalue weighted by molar-refractivity contribution is 0.120. The molecule has 1 heteroatoms. The second-order valence-corrected chi connectivity index (χ2v) is 8.61. The predicted octanol–water partition coefficient (Wildman–Crippen LogP) is 7.30. The lowest BCUT2D eigenvalue weighted by atomic mass is 9.74. The van der Waals surface area contributed by atoms with Gasteiger partial charge >= 0.3 is 0 Å². The van der Waals surface area contributed by atoms with Gasteiger partial charge in [0.1, 0.15) is 5.67 Å². The van der Waals surface area contributed by atoms with Crippen molar-refractivity contribution in [3.05, 3.63) is 47.5 Å². The monoisotopic (exact) mass is 326 g/mol. The Morgan fingerprint density at radius 1 is 1.12 bits per heavy atom. The maximum Gasteiger partial charge on any atom is 0.108 e. The topological polar surface area (TPSA) is 0 Å². The fraction of sp³-hybridized carbons (Fsp3) is 0.565. The van der Waals surface area contributed by atoms with E-state index in [1.54, 1.807) is 6.92 Å². The van der Waals surface area contributed by atoms with Crippen molar-refractivity contribution in [3.63, 3.8) is 0 Å². The fourth-order valence-electron chi connectivity index (χ4n) is 4.37. The van der Waals surface area contributed by atoms with Gasteiger partial charge in [0.15, 0.2) is 0 Å². The van der Waals surface area contributed by atoms with Gasteiger partial charge in [-0.3, -0.25) is 0 Å². The van der Waals surface area contributed by atoms with Crippen LogP contribution < -0.4 is 0 Å². The van der Waals surface area contributed by atoms with Gasteiger partial charge in [-0.05, 0) is 72.3 Å². The summed E-state index contributed by atoms with van der Waals surface area (Å²) in [5.74, 6) is 0.496. The van der Waals surface area contributed by atoms with Crippen molar-refractivity contribution in [2.75, 3.05) is 0 Å². The van der Waals surface area contributed by atoms with Gasteiger partial charge in [0.2, 0.25) is 0 Å². The van der Waals surface area contributed by atoms with Gasteiger partial charge < -0.3 is 0 Å². The smallest absolute Gasteiger partial charge is 0.108 e. The highest BCUT2D eigenvalue weighted by atomic mass is 19.1. The number of hydrogen-bond donors (Lipinski definition) is 0. The van der Waals surface area contributed by atoms with Gasteiger partial charge in [0.05, 0.1) is 0 Å². The Labute approximate surface area is 146 Å². The number of hydrogen-bond acceptors (Lipinski definition) is 0. The van der Waals surface area contributed by atoms with Crippen LogP contribution in [0.15, 0.2) is 36.4 Å². The van der Waals surface area contributed by atoms with Crippen molar-refractivity contribution in [2.24, 2.45) is 0 Å². The van der Waals surface area contributed by atoms with Gasteiger partial charge in [0, 0.05) is 0 Å². The van der Waals surface area contributed by atoms with Crippen LogP contribution >= 0.6 is 0 Å². The normalized spacial score (nSPS) is 25.1. The van der Waals surface area contributed by atoms with Crippen molar-refractivity contribution in [2.45, 2.75) is 83.2 Å². The molecule has 0 atom stereocenters. The standard InChI is InChI=1S/C23H31F/c1-5-12-22(2,3)19-15-18-8-6-7-9-20(18)21(16-19)17-10-13-23(4,24)14-11-17/h6-9,15-17H,5,10-14H2,1-4H3. The van der Waals surface area contributed by atoms with E-state index in [2.05, 4.69) is 57.2 Å². The number of alkyl halides is 1. The van der Waals surface area contributed by atoms with E-state index in [4.69, 9.17) is 0 Å². The van der Waals surface area contributed by atoms with Crippen LogP contribution in [0.25, 0.3) is 10.8 Å². The largest absolute Gasteiger partial charge is 0.244 e. The highest BCUT2D eigenvalue weighted by molar-refractivity contribution is 5.87. The molecule has 0 bridgehead atoms. The first-order chi connectivity index (χ1) is 11.3. The number of halogens is 1. The minimum atomic E-state index is -0.967. The molecule has 0 unspecified atom stereocenters. The van der Waals surface area contributed by atoms with E-state index < -0.39 is 5.67 Å². The maximum absolute atomic E-state index is 14.2. The van der Waals surface area contributed by atoms with E-state index in [1.165, 1.54) is 34.7 Å². The maximum atomic E-state index is 14.2. The van der Waals surface area contributed by atoms with Crippen molar-refractivity contribution < 1.29 is 4.39 Å². The van der Waals surface area contributed by atoms with E-state index in [-0.39, 0.29) is 5.41 Å². The number of fused-ring (bicyclic) bond motifs is 1. The molecule has 0 aromatic heterocycles. The van der Waals surface area contributed by atoms with Gasteiger partial charge in [-0.25, -0.2) is 4.39 Å². The highest BCUT2D eigenvalue weighted by Gasteiger charge is 2.32. The molecule has 1 fully saturated rings. The van der Waals surface area contributed by atoms with Gasteiger partial charge in [-0.1, -0.05) is 63.6 Å². The van der Waals surface area contributed by atoms with Gasteiger partial charge in [-0.15, -0.1) is 0 Å². The van der Waals surface area contributed by atoms with Crippen LogP contribution in [0.5, 0.6) is 0 Å². The third-order valence-electron chi connectivity index (χ3n) is 6.02. The minimum Gasteiger partial charge on any atom is -0.244 e. The SMILES string of the molecule is CCCC(C)(C)c1cc(C2CCC(C)(F)CC2)c2ccccc2c1. The first-order valence-electron chi connectivity index (χ1n) is 9.54. The first kappa shape index (κ1) is 17.5. The highest BCUT2D eigenvalue weighted by Crippen LogP contribution is 2.43. The molecule has 130 valence electrons. The van der Waals surface area contributed by atoms with Crippen LogP contribution in [0.3, 0.4) is 0 Å². The molecule has 1 saturated carbocycles. The fourth-order valence-corrected chi connectivity index (χ4v) is 4.37. The molecule has 0 aliphatic heterocycles. The molecule has 3 rings (SSSR count). The molecular weight excluding hydrogens is 295 g/mol. The van der Waals surface area contributed by atoms with Crippen LogP contribution in [-0.4, -0.2) is 5.67 Å². The van der Waals surface area contributed by atoms with Crippen LogP contribution in [0.4, 0.5) is 4.39 Å². The summed E-state index contributed by atoms with van der Waals surface area (Å²) in [6.07, 6.45) is 5.70. The molecule has 0 saturated heterocycles. The molecule has 0 N–H and O–H groups in total. The number of benzene rings is 2. The summed E-state index contributed by atoms with van der Waals surface area (Å²) in [4.78, 5) is 0. The molecule has 1 aliphatic rings. The van der Waals surface area contributed by atoms with Gasteiger partial charge in [-0.2, -0.15) is 0 Å². The summed E-state index contributed by atoms with van der Waals surface area (Å²) >= 11 is 0. The zero-order chi connectivity index (χ0) is 17.4. The lowest BCUT2D eigenvalue weighted by Crippen LogP contribution is -2.25. The molecule has 0 radical (unpaired) electrons. The minimum absolute atomic E-state index is 0.191. The van der Waals surface area contributed by atoms with Crippen LogP contribution in [0.2, 0.25) is 0 Å². The molecule has 0 amide bonds. The van der Waals surface area contributed by atoms with Crippen molar-refractivity contribution in [3.8, 4) is 0 Å². The van der Waals surface area contributed by atoms with Crippen molar-refractivity contribution in [1.82, 2.24) is 0 Å². The quantitative estimate of drug-likeness (QED) is 0.553. The van der Waals surface area contributed by atoms with E-state index in [0.717, 1.165) is 12.8 Å². The van der Waals surface area contributed by atoms with E-state index in [1.807, 2.05) is 0 Å². The van der Waals surface area contributed by atoms with E-state index in [0.29, 0.717) is 18.8 Å². The molecule has 0 spiro atoms. The first-order valence-corrected chi connectivity index (χ1v) is 9.54. The molecule has 1 aliphatic carbocycles. The summed E-state index contributed by atoms with van der Waals surface area (Å²) in [7, 11) is 0. The van der Waals surface area contributed by atoms with E-state index in [9.17, 15) is 4.39 Å². The Morgan fingerprint density at radius 2 is 1.79 bits per heavy atom. The summed E-state index contributed by atoms with van der Waals surface area (Å²) < 4.78 is 14.2. The molecule has 2 aromatic rings. The van der Waals surface area contributed by atoms with Crippen LogP contribution in [0, 0.1) is 0 Å². The lowest BCUT2D eigenvalue weighted by Gasteiger charge is -2.33. The van der Waals surface area contributed by atoms with Crippen molar-refractivity contribution >= 4 is 10.8 Å². The average Bonchev–Trinajstić information content (AvgIpc) is 2.54. The second kappa shape index (κ2) is 6.50. The van der Waals surface area contributed by atoms with Gasteiger partial charge in [0.25, 0.3) is 0 Å². The second-order valence-electron chi connectivity index (χ2n) is 8.61. The summed E-state index contributed by atoms with van der Waals surface area (Å²) in [6, 6.07) is 13.5. The Kier molecular flexibility index (Phi) is 4.73. The molecule has 0 heterocycles. The predicted molar refractivity (Wildman–Crippen MR) is 103 cm³/mol. The average molecular weight is 326 g/mol. The van der Waals surface area contributed by atoms with E-state index >= 15 is 0 Å². The third kappa shape index (κ3) is 3.50. The zero-order valence-electron chi connectivity index (χ0n) is 15.7. The zero-order valence-corrected chi connectivity index (χ0v) is 15.7. The Bertz CT molecular complexity index is 701. The van der Waals surface area contributed by atoms with Crippen molar-refractivity contribution in [1.29, 1.82) is 0 Å². The summed E-state index contributed by atoms with van der Waals surface area (Å²) in [5.41, 5.74) is 2.11. The molecule has 24 heavy (non-hydrogen) atoms.